The van der Waals surface area contributed by atoms with Gasteiger partial charge in [-0.05, 0) is 68.1 Å². The highest BCUT2D eigenvalue weighted by atomic mass is 35.5. The summed E-state index contributed by atoms with van der Waals surface area (Å²) in [5.74, 6) is 0.461. The maximum absolute atomic E-state index is 12.2. The maximum atomic E-state index is 12.2. The van der Waals surface area contributed by atoms with Gasteiger partial charge in [-0.2, -0.15) is 0 Å². The third-order valence-corrected chi connectivity index (χ3v) is 4.64. The Morgan fingerprint density at radius 2 is 1.82 bits per heavy atom. The van der Waals surface area contributed by atoms with Crippen molar-refractivity contribution >= 4 is 29.1 Å². The van der Waals surface area contributed by atoms with Gasteiger partial charge in [0.1, 0.15) is 5.75 Å². The number of halogens is 1. The second-order valence-electron chi connectivity index (χ2n) is 6.98. The minimum absolute atomic E-state index is 0.0172. The number of nitrogens with one attached hydrogen (secondary N) is 1. The zero-order chi connectivity index (χ0) is 20.7. The Labute approximate surface area is 171 Å². The molecular formula is C22H27ClN2O3. The Kier molecular flexibility index (Phi) is 7.88. The van der Waals surface area contributed by atoms with Gasteiger partial charge in [0.2, 0.25) is 11.8 Å². The van der Waals surface area contributed by atoms with Gasteiger partial charge in [0.05, 0.1) is 13.2 Å². The van der Waals surface area contributed by atoms with Gasteiger partial charge in [0.15, 0.2) is 0 Å². The Hall–Kier alpha value is -2.53. The average Bonchev–Trinajstić information content (AvgIpc) is 2.63. The van der Waals surface area contributed by atoms with Crippen molar-refractivity contribution in [3.63, 3.8) is 0 Å². The van der Waals surface area contributed by atoms with Crippen LogP contribution >= 0.6 is 11.6 Å². The molecular weight excluding hydrogens is 376 g/mol. The normalized spacial score (nSPS) is 10.5. The lowest BCUT2D eigenvalue weighted by molar-refractivity contribution is -0.133. The summed E-state index contributed by atoms with van der Waals surface area (Å²) in [5, 5.41) is 3.54. The van der Waals surface area contributed by atoms with Crippen molar-refractivity contribution in [1.82, 2.24) is 4.90 Å². The van der Waals surface area contributed by atoms with Crippen molar-refractivity contribution in [3.8, 4) is 5.75 Å². The molecule has 2 aromatic carbocycles. The molecule has 0 aliphatic rings. The smallest absolute Gasteiger partial charge is 0.243 e. The lowest BCUT2D eigenvalue weighted by Gasteiger charge is -2.18. The number of carbonyl (C=O) groups is 2. The number of benzene rings is 2. The molecule has 0 fully saturated rings. The fraction of sp³-hybridized carbons (Fsp3) is 0.364. The zero-order valence-electron chi connectivity index (χ0n) is 16.8. The van der Waals surface area contributed by atoms with Gasteiger partial charge in [0.25, 0.3) is 0 Å². The van der Waals surface area contributed by atoms with E-state index in [-0.39, 0.29) is 18.4 Å². The van der Waals surface area contributed by atoms with E-state index in [4.69, 9.17) is 16.3 Å². The van der Waals surface area contributed by atoms with Crippen LogP contribution in [0.1, 0.15) is 29.5 Å². The predicted octanol–water partition coefficient (Wildman–Crippen LogP) is 4.52. The molecule has 0 spiro atoms. The van der Waals surface area contributed by atoms with Crippen LogP contribution in [0.25, 0.3) is 0 Å². The van der Waals surface area contributed by atoms with Crippen LogP contribution in [0.4, 0.5) is 5.69 Å². The van der Waals surface area contributed by atoms with Crippen LogP contribution in [0.15, 0.2) is 36.4 Å². The molecule has 0 aliphatic carbocycles. The molecule has 0 unspecified atom stereocenters. The molecule has 0 heterocycles. The first kappa shape index (κ1) is 21.8. The summed E-state index contributed by atoms with van der Waals surface area (Å²) in [4.78, 5) is 25.9. The lowest BCUT2D eigenvalue weighted by atomic mass is 10.1. The van der Waals surface area contributed by atoms with Gasteiger partial charge in [-0.25, -0.2) is 0 Å². The molecule has 2 aromatic rings. The third kappa shape index (κ3) is 6.57. The summed E-state index contributed by atoms with van der Waals surface area (Å²) in [5.41, 5.74) is 3.79. The number of carbonyl (C=O) groups excluding carboxylic acids is 2. The second kappa shape index (κ2) is 10.1. The minimum Gasteiger partial charge on any atom is -0.493 e. The van der Waals surface area contributed by atoms with Crippen molar-refractivity contribution in [2.75, 3.05) is 25.5 Å². The third-order valence-electron chi connectivity index (χ3n) is 4.40. The van der Waals surface area contributed by atoms with E-state index < -0.39 is 0 Å². The molecule has 0 radical (unpaired) electrons. The molecule has 0 atom stereocenters. The van der Waals surface area contributed by atoms with E-state index >= 15 is 0 Å². The standard InChI is InChI=1S/C22H27ClN2O3/c1-15-7-8-16(2)19(12-15)24-21(26)14-25(4)22(27)6-5-11-28-20-10-9-18(23)13-17(20)3/h7-10,12-13H,5-6,11,14H2,1-4H3,(H,24,26). The van der Waals surface area contributed by atoms with E-state index in [1.165, 1.54) is 4.90 Å². The molecule has 150 valence electrons. The monoisotopic (exact) mass is 402 g/mol. The number of ether oxygens (including phenoxy) is 1. The van der Waals surface area contributed by atoms with E-state index in [2.05, 4.69) is 5.32 Å². The molecule has 28 heavy (non-hydrogen) atoms. The lowest BCUT2D eigenvalue weighted by Crippen LogP contribution is -2.35. The summed E-state index contributed by atoms with van der Waals surface area (Å²) in [7, 11) is 1.63. The topological polar surface area (TPSA) is 58.6 Å². The van der Waals surface area contributed by atoms with Crippen molar-refractivity contribution in [3.05, 3.63) is 58.1 Å². The van der Waals surface area contributed by atoms with Crippen LogP contribution in [0, 0.1) is 20.8 Å². The van der Waals surface area contributed by atoms with Gasteiger partial charge >= 0.3 is 0 Å². The predicted molar refractivity (Wildman–Crippen MR) is 113 cm³/mol. The van der Waals surface area contributed by atoms with Crippen molar-refractivity contribution in [2.24, 2.45) is 0 Å². The van der Waals surface area contributed by atoms with Crippen LogP contribution in [-0.2, 0) is 9.59 Å². The first-order valence-electron chi connectivity index (χ1n) is 9.26. The number of rotatable bonds is 8. The van der Waals surface area contributed by atoms with Crippen LogP contribution in [-0.4, -0.2) is 36.9 Å². The molecule has 2 amide bonds. The van der Waals surface area contributed by atoms with Gasteiger partial charge in [-0.15, -0.1) is 0 Å². The van der Waals surface area contributed by atoms with E-state index in [1.54, 1.807) is 13.1 Å². The highest BCUT2D eigenvalue weighted by Gasteiger charge is 2.14. The number of hydrogen-bond acceptors (Lipinski definition) is 3. The average molecular weight is 403 g/mol. The first-order valence-corrected chi connectivity index (χ1v) is 9.64. The number of amides is 2. The Morgan fingerprint density at radius 3 is 2.54 bits per heavy atom. The number of likely N-dealkylation sites (N-methyl/N-ethyl adjacent to an activating group) is 1. The molecule has 1 N–H and O–H groups in total. The number of aryl methyl sites for hydroxylation is 3. The van der Waals surface area contributed by atoms with Crippen molar-refractivity contribution in [1.29, 1.82) is 0 Å². The fourth-order valence-electron chi connectivity index (χ4n) is 2.73. The first-order chi connectivity index (χ1) is 13.3. The van der Waals surface area contributed by atoms with Gasteiger partial charge < -0.3 is 15.0 Å². The van der Waals surface area contributed by atoms with Gasteiger partial charge in [-0.3, -0.25) is 9.59 Å². The summed E-state index contributed by atoms with van der Waals surface area (Å²) in [6, 6.07) is 11.3. The number of nitrogens with zero attached hydrogens (tertiary/aromatic N) is 1. The Balaban J connectivity index is 1.74. The quantitative estimate of drug-likeness (QED) is 0.660. The van der Waals surface area contributed by atoms with Crippen LogP contribution in [0.5, 0.6) is 5.75 Å². The van der Waals surface area contributed by atoms with Crippen molar-refractivity contribution < 1.29 is 14.3 Å². The molecule has 0 saturated heterocycles. The number of hydrogen-bond donors (Lipinski definition) is 1. The van der Waals surface area contributed by atoms with E-state index in [0.29, 0.717) is 24.5 Å². The summed E-state index contributed by atoms with van der Waals surface area (Å²) >= 11 is 5.93. The minimum atomic E-state index is -0.211. The summed E-state index contributed by atoms with van der Waals surface area (Å²) in [6.07, 6.45) is 0.893. The van der Waals surface area contributed by atoms with E-state index in [0.717, 1.165) is 28.1 Å². The SMILES string of the molecule is Cc1ccc(C)c(NC(=O)CN(C)C(=O)CCCOc2ccc(Cl)cc2C)c1. The van der Waals surface area contributed by atoms with Crippen LogP contribution in [0.3, 0.4) is 0 Å². The van der Waals surface area contributed by atoms with Crippen LogP contribution < -0.4 is 10.1 Å². The molecule has 0 aliphatic heterocycles. The largest absolute Gasteiger partial charge is 0.493 e. The Bertz CT molecular complexity index is 852. The van der Waals surface area contributed by atoms with Crippen molar-refractivity contribution in [2.45, 2.75) is 33.6 Å². The van der Waals surface area contributed by atoms with E-state index in [1.807, 2.05) is 51.1 Å². The molecule has 2 rings (SSSR count). The maximum Gasteiger partial charge on any atom is 0.243 e. The highest BCUT2D eigenvalue weighted by Crippen LogP contribution is 2.22. The summed E-state index contributed by atoms with van der Waals surface area (Å²) < 4.78 is 5.70. The van der Waals surface area contributed by atoms with Crippen LogP contribution in [0.2, 0.25) is 5.02 Å². The molecule has 5 nitrogen and oxygen atoms in total. The highest BCUT2D eigenvalue weighted by molar-refractivity contribution is 6.30. The molecule has 6 heteroatoms. The molecule has 0 aromatic heterocycles. The summed E-state index contributed by atoms with van der Waals surface area (Å²) in [6.45, 7) is 6.28. The molecule has 0 bridgehead atoms. The number of anilines is 1. The zero-order valence-corrected chi connectivity index (χ0v) is 17.6. The second-order valence-corrected chi connectivity index (χ2v) is 7.41. The molecule has 0 saturated carbocycles. The Morgan fingerprint density at radius 1 is 1.07 bits per heavy atom. The van der Waals surface area contributed by atoms with Gasteiger partial charge in [-0.1, -0.05) is 23.7 Å². The fourth-order valence-corrected chi connectivity index (χ4v) is 2.96. The van der Waals surface area contributed by atoms with Gasteiger partial charge in [0, 0.05) is 24.2 Å². The van der Waals surface area contributed by atoms with E-state index in [9.17, 15) is 9.59 Å².